The molecule has 112 valence electrons. The number of anilines is 1. The SMILES string of the molecule is CCCN1CCC(Nc2cccc(C(F)(F)F)n2)CC1. The zero-order valence-electron chi connectivity index (χ0n) is 11.6. The molecule has 0 saturated carbocycles. The van der Waals surface area contributed by atoms with Crippen molar-refractivity contribution in [1.82, 2.24) is 9.88 Å². The molecule has 0 bridgehead atoms. The van der Waals surface area contributed by atoms with E-state index in [1.807, 2.05) is 0 Å². The summed E-state index contributed by atoms with van der Waals surface area (Å²) in [7, 11) is 0. The van der Waals surface area contributed by atoms with E-state index in [-0.39, 0.29) is 6.04 Å². The summed E-state index contributed by atoms with van der Waals surface area (Å²) in [4.78, 5) is 6.03. The first kappa shape index (κ1) is 15.1. The number of rotatable bonds is 4. The quantitative estimate of drug-likeness (QED) is 0.920. The molecule has 0 atom stereocenters. The summed E-state index contributed by atoms with van der Waals surface area (Å²) in [5, 5.41) is 3.12. The summed E-state index contributed by atoms with van der Waals surface area (Å²) >= 11 is 0. The Balaban J connectivity index is 1.91. The van der Waals surface area contributed by atoms with E-state index < -0.39 is 11.9 Å². The number of halogens is 3. The van der Waals surface area contributed by atoms with Gasteiger partial charge >= 0.3 is 6.18 Å². The first-order valence-electron chi connectivity index (χ1n) is 7.02. The Kier molecular flexibility index (Phi) is 4.86. The van der Waals surface area contributed by atoms with E-state index in [0.29, 0.717) is 5.82 Å². The predicted molar refractivity (Wildman–Crippen MR) is 72.6 cm³/mol. The van der Waals surface area contributed by atoms with Crippen LogP contribution in [-0.4, -0.2) is 35.6 Å². The first-order valence-corrected chi connectivity index (χ1v) is 7.02. The molecule has 1 fully saturated rings. The minimum Gasteiger partial charge on any atom is -0.367 e. The van der Waals surface area contributed by atoms with Gasteiger partial charge in [-0.3, -0.25) is 0 Å². The lowest BCUT2D eigenvalue weighted by Gasteiger charge is -2.32. The van der Waals surface area contributed by atoms with Crippen LogP contribution in [0.1, 0.15) is 31.9 Å². The molecule has 0 amide bonds. The fraction of sp³-hybridized carbons (Fsp3) is 0.643. The Morgan fingerprint density at radius 3 is 2.60 bits per heavy atom. The Morgan fingerprint density at radius 2 is 2.00 bits per heavy atom. The van der Waals surface area contributed by atoms with Crippen LogP contribution in [0, 0.1) is 0 Å². The summed E-state index contributed by atoms with van der Waals surface area (Å²) in [6, 6.07) is 4.19. The highest BCUT2D eigenvalue weighted by Crippen LogP contribution is 2.28. The van der Waals surface area contributed by atoms with Gasteiger partial charge in [0, 0.05) is 19.1 Å². The van der Waals surface area contributed by atoms with E-state index >= 15 is 0 Å². The monoisotopic (exact) mass is 287 g/mol. The van der Waals surface area contributed by atoms with Crippen molar-refractivity contribution in [3.8, 4) is 0 Å². The van der Waals surface area contributed by atoms with Crippen molar-refractivity contribution in [2.45, 2.75) is 38.4 Å². The molecule has 20 heavy (non-hydrogen) atoms. The number of hydrogen-bond donors (Lipinski definition) is 1. The van der Waals surface area contributed by atoms with Gasteiger partial charge < -0.3 is 10.2 Å². The van der Waals surface area contributed by atoms with Crippen molar-refractivity contribution in [3.63, 3.8) is 0 Å². The molecule has 1 N–H and O–H groups in total. The third-order valence-electron chi connectivity index (χ3n) is 3.52. The molecule has 2 rings (SSSR count). The normalized spacial score (nSPS) is 18.2. The summed E-state index contributed by atoms with van der Waals surface area (Å²) in [5.74, 6) is 0.314. The van der Waals surface area contributed by atoms with Crippen LogP contribution in [0.5, 0.6) is 0 Å². The highest BCUT2D eigenvalue weighted by Gasteiger charge is 2.32. The molecule has 3 nitrogen and oxygen atoms in total. The number of likely N-dealkylation sites (tertiary alicyclic amines) is 1. The van der Waals surface area contributed by atoms with Gasteiger partial charge in [-0.15, -0.1) is 0 Å². The van der Waals surface area contributed by atoms with Gasteiger partial charge in [-0.1, -0.05) is 13.0 Å². The van der Waals surface area contributed by atoms with Crippen molar-refractivity contribution < 1.29 is 13.2 Å². The van der Waals surface area contributed by atoms with Crippen LogP contribution in [0.3, 0.4) is 0 Å². The van der Waals surface area contributed by atoms with Crippen LogP contribution in [0.25, 0.3) is 0 Å². The number of alkyl halides is 3. The van der Waals surface area contributed by atoms with Crippen molar-refractivity contribution >= 4 is 5.82 Å². The second kappa shape index (κ2) is 6.43. The molecule has 1 saturated heterocycles. The lowest BCUT2D eigenvalue weighted by atomic mass is 10.0. The topological polar surface area (TPSA) is 28.2 Å². The van der Waals surface area contributed by atoms with Crippen LogP contribution in [0.15, 0.2) is 18.2 Å². The second-order valence-corrected chi connectivity index (χ2v) is 5.17. The van der Waals surface area contributed by atoms with E-state index in [9.17, 15) is 13.2 Å². The second-order valence-electron chi connectivity index (χ2n) is 5.17. The summed E-state index contributed by atoms with van der Waals surface area (Å²) < 4.78 is 37.8. The summed E-state index contributed by atoms with van der Waals surface area (Å²) in [6.45, 7) is 5.22. The van der Waals surface area contributed by atoms with Crippen molar-refractivity contribution in [3.05, 3.63) is 23.9 Å². The maximum atomic E-state index is 12.6. The van der Waals surface area contributed by atoms with Crippen molar-refractivity contribution in [2.75, 3.05) is 25.0 Å². The average Bonchev–Trinajstić information content (AvgIpc) is 2.41. The highest BCUT2D eigenvalue weighted by molar-refractivity contribution is 5.37. The Bertz CT molecular complexity index is 426. The lowest BCUT2D eigenvalue weighted by molar-refractivity contribution is -0.141. The average molecular weight is 287 g/mol. The smallest absolute Gasteiger partial charge is 0.367 e. The van der Waals surface area contributed by atoms with Gasteiger partial charge in [0.15, 0.2) is 0 Å². The number of pyridine rings is 1. The largest absolute Gasteiger partial charge is 0.433 e. The van der Waals surface area contributed by atoms with Crippen molar-refractivity contribution in [1.29, 1.82) is 0 Å². The number of aromatic nitrogens is 1. The first-order chi connectivity index (χ1) is 9.49. The van der Waals surface area contributed by atoms with Crippen LogP contribution in [0.4, 0.5) is 19.0 Å². The van der Waals surface area contributed by atoms with Gasteiger partial charge in [-0.25, -0.2) is 4.98 Å². The van der Waals surface area contributed by atoms with Gasteiger partial charge in [0.25, 0.3) is 0 Å². The number of hydrogen-bond acceptors (Lipinski definition) is 3. The Morgan fingerprint density at radius 1 is 1.30 bits per heavy atom. The molecule has 0 aliphatic carbocycles. The summed E-state index contributed by atoms with van der Waals surface area (Å²) in [6.07, 6.45) is -1.37. The number of piperidine rings is 1. The van der Waals surface area contributed by atoms with E-state index in [2.05, 4.69) is 22.1 Å². The van der Waals surface area contributed by atoms with Crippen LogP contribution in [-0.2, 0) is 6.18 Å². The molecule has 0 radical (unpaired) electrons. The minimum atomic E-state index is -4.39. The maximum Gasteiger partial charge on any atom is 0.433 e. The molecule has 0 spiro atoms. The molecule has 1 aliphatic rings. The predicted octanol–water partition coefficient (Wildman–Crippen LogP) is 3.39. The van der Waals surface area contributed by atoms with Crippen LogP contribution < -0.4 is 5.32 Å². The molecule has 0 aromatic carbocycles. The molecule has 1 aliphatic heterocycles. The van der Waals surface area contributed by atoms with Gasteiger partial charge in [0.2, 0.25) is 0 Å². The fourth-order valence-corrected chi connectivity index (χ4v) is 2.50. The molecule has 1 aromatic rings. The molecular weight excluding hydrogens is 267 g/mol. The number of nitrogens with zero attached hydrogens (tertiary/aromatic N) is 2. The maximum absolute atomic E-state index is 12.6. The minimum absolute atomic E-state index is 0.207. The fourth-order valence-electron chi connectivity index (χ4n) is 2.50. The Hall–Kier alpha value is -1.30. The standard InChI is InChI=1S/C14H20F3N3/c1-2-8-20-9-6-11(7-10-20)18-13-5-3-4-12(19-13)14(15,16)17/h3-5,11H,2,6-10H2,1H3,(H,18,19). The molecule has 6 heteroatoms. The van der Waals surface area contributed by atoms with E-state index in [4.69, 9.17) is 0 Å². The molecular formula is C14H20F3N3. The zero-order valence-corrected chi connectivity index (χ0v) is 11.6. The third-order valence-corrected chi connectivity index (χ3v) is 3.52. The van der Waals surface area contributed by atoms with Gasteiger partial charge in [-0.05, 0) is 37.9 Å². The van der Waals surface area contributed by atoms with Gasteiger partial charge in [0.1, 0.15) is 11.5 Å². The lowest BCUT2D eigenvalue weighted by Crippen LogP contribution is -2.39. The van der Waals surface area contributed by atoms with E-state index in [0.717, 1.165) is 45.0 Å². The number of nitrogens with one attached hydrogen (secondary N) is 1. The summed E-state index contributed by atoms with van der Waals surface area (Å²) in [5.41, 5.74) is -0.842. The van der Waals surface area contributed by atoms with Crippen molar-refractivity contribution in [2.24, 2.45) is 0 Å². The Labute approximate surface area is 117 Å². The van der Waals surface area contributed by atoms with Gasteiger partial charge in [0.05, 0.1) is 0 Å². The van der Waals surface area contributed by atoms with Crippen LogP contribution >= 0.6 is 0 Å². The molecule has 1 aromatic heterocycles. The van der Waals surface area contributed by atoms with Crippen LogP contribution in [0.2, 0.25) is 0 Å². The highest BCUT2D eigenvalue weighted by atomic mass is 19.4. The van der Waals surface area contributed by atoms with Gasteiger partial charge in [-0.2, -0.15) is 13.2 Å². The van der Waals surface area contributed by atoms with E-state index in [1.54, 1.807) is 6.07 Å². The molecule has 0 unspecified atom stereocenters. The van der Waals surface area contributed by atoms with E-state index in [1.165, 1.54) is 6.07 Å². The molecule has 2 heterocycles. The zero-order chi connectivity index (χ0) is 14.6. The third kappa shape index (κ3) is 4.10.